The van der Waals surface area contributed by atoms with Crippen LogP contribution >= 0.6 is 11.8 Å². The van der Waals surface area contributed by atoms with Gasteiger partial charge in [0.05, 0.1) is 0 Å². The highest BCUT2D eigenvalue weighted by Gasteiger charge is 1.96. The molecule has 30 heavy (non-hydrogen) atoms. The molecule has 0 radical (unpaired) electrons. The summed E-state index contributed by atoms with van der Waals surface area (Å²) in [6, 6.07) is 0. The Morgan fingerprint density at radius 3 is 0.867 bits per heavy atom. The third-order valence-electron chi connectivity index (χ3n) is 6.48. The molecule has 0 aromatic heterocycles. The molecule has 180 valence electrons. The van der Waals surface area contributed by atoms with Crippen LogP contribution in [-0.4, -0.2) is 5.75 Å². The van der Waals surface area contributed by atoms with E-state index in [1.807, 2.05) is 17.2 Å². The first-order valence-electron chi connectivity index (χ1n) is 14.1. The minimum Gasteiger partial charge on any atom is -0.135 e. The first kappa shape index (κ1) is 30.1. The van der Waals surface area contributed by atoms with E-state index in [4.69, 9.17) is 0 Å². The average molecular weight is 439 g/mol. The summed E-state index contributed by atoms with van der Waals surface area (Å²) in [6.07, 6.45) is 36.7. The van der Waals surface area contributed by atoms with Crippen molar-refractivity contribution in [1.29, 1.82) is 0 Å². The fraction of sp³-hybridized carbons (Fsp3) is 0.931. The van der Waals surface area contributed by atoms with E-state index in [9.17, 15) is 0 Å². The number of hydrogen-bond acceptors (Lipinski definition) is 1. The SMILES string of the molecule is C=CSCCCCCCCCCCCCCCCCCCCCCCCCCCC. The van der Waals surface area contributed by atoms with Gasteiger partial charge in [0.1, 0.15) is 0 Å². The molecule has 0 N–H and O–H groups in total. The maximum Gasteiger partial charge on any atom is -0.00262 e. The largest absolute Gasteiger partial charge is 0.135 e. The highest BCUT2D eigenvalue weighted by atomic mass is 32.2. The monoisotopic (exact) mass is 438 g/mol. The maximum absolute atomic E-state index is 3.76. The normalized spacial score (nSPS) is 11.2. The second-order valence-electron chi connectivity index (χ2n) is 9.52. The molecule has 0 aliphatic carbocycles. The van der Waals surface area contributed by atoms with E-state index in [1.165, 1.54) is 166 Å². The van der Waals surface area contributed by atoms with Crippen molar-refractivity contribution in [3.8, 4) is 0 Å². The van der Waals surface area contributed by atoms with Crippen LogP contribution in [0.3, 0.4) is 0 Å². The summed E-state index contributed by atoms with van der Waals surface area (Å²) in [5.74, 6) is 1.27. The second kappa shape index (κ2) is 29.1. The average Bonchev–Trinajstić information content (AvgIpc) is 2.76. The van der Waals surface area contributed by atoms with Gasteiger partial charge in [-0.2, -0.15) is 0 Å². The fourth-order valence-corrected chi connectivity index (χ4v) is 4.95. The summed E-state index contributed by atoms with van der Waals surface area (Å²) in [4.78, 5) is 0. The summed E-state index contributed by atoms with van der Waals surface area (Å²) in [5.41, 5.74) is 0. The van der Waals surface area contributed by atoms with Crippen molar-refractivity contribution in [2.75, 3.05) is 5.75 Å². The number of thioether (sulfide) groups is 1. The van der Waals surface area contributed by atoms with Crippen LogP contribution in [0.5, 0.6) is 0 Å². The zero-order chi connectivity index (χ0) is 21.8. The van der Waals surface area contributed by atoms with Gasteiger partial charge in [-0.1, -0.05) is 168 Å². The lowest BCUT2D eigenvalue weighted by Gasteiger charge is -2.04. The minimum absolute atomic E-state index is 1.27. The quantitative estimate of drug-likeness (QED) is 0.115. The predicted octanol–water partition coefficient (Wildman–Crippen LogP) is 11.6. The van der Waals surface area contributed by atoms with Crippen molar-refractivity contribution in [2.45, 2.75) is 167 Å². The summed E-state index contributed by atoms with van der Waals surface area (Å²) in [6.45, 7) is 6.06. The summed E-state index contributed by atoms with van der Waals surface area (Å²) >= 11 is 1.86. The van der Waals surface area contributed by atoms with E-state index in [-0.39, 0.29) is 0 Å². The van der Waals surface area contributed by atoms with Crippen molar-refractivity contribution >= 4 is 11.8 Å². The first-order valence-corrected chi connectivity index (χ1v) is 15.2. The lowest BCUT2D eigenvalue weighted by atomic mass is 10.0. The van der Waals surface area contributed by atoms with Crippen LogP contribution in [0, 0.1) is 0 Å². The molecule has 0 fully saturated rings. The Kier molecular flexibility index (Phi) is 29.2. The van der Waals surface area contributed by atoms with E-state index in [0.29, 0.717) is 0 Å². The Morgan fingerprint density at radius 1 is 0.400 bits per heavy atom. The van der Waals surface area contributed by atoms with Crippen LogP contribution in [-0.2, 0) is 0 Å². The molecule has 0 nitrogen and oxygen atoms in total. The lowest BCUT2D eigenvalue weighted by Crippen LogP contribution is -1.85. The van der Waals surface area contributed by atoms with Crippen LogP contribution < -0.4 is 0 Å². The van der Waals surface area contributed by atoms with E-state index in [2.05, 4.69) is 13.5 Å². The molecule has 0 aliphatic rings. The van der Waals surface area contributed by atoms with Gasteiger partial charge in [-0.25, -0.2) is 0 Å². The number of hydrogen-bond donors (Lipinski definition) is 0. The molecule has 0 unspecified atom stereocenters. The summed E-state index contributed by atoms with van der Waals surface area (Å²) in [7, 11) is 0. The van der Waals surface area contributed by atoms with Crippen LogP contribution in [0.2, 0.25) is 0 Å². The van der Waals surface area contributed by atoms with Crippen LogP contribution in [0.25, 0.3) is 0 Å². The van der Waals surface area contributed by atoms with E-state index in [0.717, 1.165) is 0 Å². The molecular formula is C29H58S. The second-order valence-corrected chi connectivity index (χ2v) is 10.6. The van der Waals surface area contributed by atoms with Crippen molar-refractivity contribution in [3.05, 3.63) is 12.0 Å². The summed E-state index contributed by atoms with van der Waals surface area (Å²) < 4.78 is 0. The van der Waals surface area contributed by atoms with Crippen molar-refractivity contribution < 1.29 is 0 Å². The molecule has 0 heterocycles. The molecular weight excluding hydrogens is 380 g/mol. The molecule has 0 bridgehead atoms. The Bertz CT molecular complexity index is 299. The van der Waals surface area contributed by atoms with Crippen molar-refractivity contribution in [1.82, 2.24) is 0 Å². The Morgan fingerprint density at radius 2 is 0.633 bits per heavy atom. The Balaban J connectivity index is 2.98. The smallest absolute Gasteiger partial charge is 0.00262 e. The first-order chi connectivity index (χ1) is 14.9. The van der Waals surface area contributed by atoms with Gasteiger partial charge < -0.3 is 0 Å². The molecule has 0 rings (SSSR count). The molecule has 1 heteroatoms. The fourth-order valence-electron chi connectivity index (χ4n) is 4.41. The van der Waals surface area contributed by atoms with Gasteiger partial charge in [-0.3, -0.25) is 0 Å². The number of unbranched alkanes of at least 4 members (excludes halogenated alkanes) is 24. The standard InChI is InChI=1S/C29H58S/c1-3-5-6-7-8-9-10-11-12-13-14-15-16-17-18-19-20-21-22-23-24-25-26-27-28-29-30-4-2/h4H,2-3,5-29H2,1H3. The maximum atomic E-state index is 3.76. The molecule has 0 aromatic rings. The van der Waals surface area contributed by atoms with Crippen molar-refractivity contribution in [2.24, 2.45) is 0 Å². The number of rotatable bonds is 27. The molecule has 0 aliphatic heterocycles. The van der Waals surface area contributed by atoms with E-state index in [1.54, 1.807) is 0 Å². The van der Waals surface area contributed by atoms with Crippen LogP contribution in [0.1, 0.15) is 167 Å². The third kappa shape index (κ3) is 28.1. The zero-order valence-electron chi connectivity index (χ0n) is 21.1. The molecule has 0 spiro atoms. The highest BCUT2D eigenvalue weighted by molar-refractivity contribution is 8.02. The van der Waals surface area contributed by atoms with Crippen molar-refractivity contribution in [3.63, 3.8) is 0 Å². The van der Waals surface area contributed by atoms with Crippen LogP contribution in [0.4, 0.5) is 0 Å². The lowest BCUT2D eigenvalue weighted by molar-refractivity contribution is 0.517. The zero-order valence-corrected chi connectivity index (χ0v) is 21.9. The molecule has 0 atom stereocenters. The minimum atomic E-state index is 1.27. The highest BCUT2D eigenvalue weighted by Crippen LogP contribution is 2.16. The van der Waals surface area contributed by atoms with Gasteiger partial charge in [-0.05, 0) is 17.6 Å². The van der Waals surface area contributed by atoms with Gasteiger partial charge in [0.15, 0.2) is 0 Å². The van der Waals surface area contributed by atoms with Gasteiger partial charge >= 0.3 is 0 Å². The Hall–Kier alpha value is 0.0900. The molecule has 0 saturated carbocycles. The van der Waals surface area contributed by atoms with Gasteiger partial charge in [0.25, 0.3) is 0 Å². The summed E-state index contributed by atoms with van der Waals surface area (Å²) in [5, 5.41) is 1.97. The molecule has 0 saturated heterocycles. The van der Waals surface area contributed by atoms with Crippen LogP contribution in [0.15, 0.2) is 12.0 Å². The topological polar surface area (TPSA) is 0 Å². The molecule has 0 aromatic carbocycles. The van der Waals surface area contributed by atoms with Gasteiger partial charge in [0.2, 0.25) is 0 Å². The van der Waals surface area contributed by atoms with E-state index < -0.39 is 0 Å². The van der Waals surface area contributed by atoms with Gasteiger partial charge in [-0.15, -0.1) is 11.8 Å². The Labute approximate surface area is 196 Å². The molecule has 0 amide bonds. The van der Waals surface area contributed by atoms with E-state index >= 15 is 0 Å². The predicted molar refractivity (Wildman–Crippen MR) is 144 cm³/mol. The third-order valence-corrected chi connectivity index (χ3v) is 7.24. The van der Waals surface area contributed by atoms with Gasteiger partial charge in [0, 0.05) is 0 Å².